The Hall–Kier alpha value is -2.37. The molecule has 0 amide bonds. The van der Waals surface area contributed by atoms with E-state index in [1.165, 1.54) is 12.1 Å². The third-order valence-corrected chi connectivity index (χ3v) is 7.19. The fourth-order valence-electron chi connectivity index (χ4n) is 2.97. The van der Waals surface area contributed by atoms with E-state index in [1.807, 2.05) is 12.1 Å². The quantitative estimate of drug-likeness (QED) is 0.417. The number of primary sulfonamides is 1. The summed E-state index contributed by atoms with van der Waals surface area (Å²) >= 11 is 0. The number of nitrogens with two attached hydrogens (primary N) is 1. The van der Waals surface area contributed by atoms with Crippen molar-refractivity contribution in [3.05, 3.63) is 54.0 Å². The van der Waals surface area contributed by atoms with Crippen molar-refractivity contribution in [2.45, 2.75) is 30.3 Å². The summed E-state index contributed by atoms with van der Waals surface area (Å²) in [5.41, 5.74) is 0.795. The summed E-state index contributed by atoms with van der Waals surface area (Å²) in [4.78, 5) is 4.54. The van der Waals surface area contributed by atoms with Gasteiger partial charge in [-0.3, -0.25) is 0 Å². The van der Waals surface area contributed by atoms with Crippen molar-refractivity contribution < 1.29 is 21.3 Å². The van der Waals surface area contributed by atoms with E-state index in [0.717, 1.165) is 11.3 Å². The second-order valence-corrected chi connectivity index (χ2v) is 10.6. The van der Waals surface area contributed by atoms with E-state index in [1.54, 1.807) is 18.4 Å². The summed E-state index contributed by atoms with van der Waals surface area (Å²) < 4.78 is 51.4. The Morgan fingerprint density at radius 3 is 2.59 bits per heavy atom. The number of aliphatic imine (C=N–C) groups is 1. The maximum absolute atomic E-state index is 11.7. The molecule has 29 heavy (non-hydrogen) atoms. The lowest BCUT2D eigenvalue weighted by molar-refractivity contribution is 0.506. The average molecular weight is 441 g/mol. The third kappa shape index (κ3) is 6.58. The molecule has 0 bridgehead atoms. The SMILES string of the molecule is NS(=O)(=O)c1ccc(CN=C(NCCc2ccco2)NC2CCS(=O)(=O)C2)cc1. The van der Waals surface area contributed by atoms with Crippen molar-refractivity contribution >= 4 is 25.8 Å². The maximum atomic E-state index is 11.7. The van der Waals surface area contributed by atoms with Gasteiger partial charge in [-0.25, -0.2) is 27.0 Å². The molecule has 0 spiro atoms. The second kappa shape index (κ2) is 8.97. The largest absolute Gasteiger partial charge is 0.469 e. The van der Waals surface area contributed by atoms with E-state index in [9.17, 15) is 16.8 Å². The number of rotatable bonds is 7. The molecule has 0 saturated carbocycles. The van der Waals surface area contributed by atoms with Crippen LogP contribution in [-0.2, 0) is 32.8 Å². The Labute approximate surface area is 170 Å². The summed E-state index contributed by atoms with van der Waals surface area (Å²) in [5.74, 6) is 1.57. The van der Waals surface area contributed by atoms with Gasteiger partial charge in [0, 0.05) is 19.0 Å². The summed E-state index contributed by atoms with van der Waals surface area (Å²) in [7, 11) is -6.75. The highest BCUT2D eigenvalue weighted by Crippen LogP contribution is 2.12. The monoisotopic (exact) mass is 440 g/mol. The normalized spacial score (nSPS) is 19.2. The molecule has 9 nitrogen and oxygen atoms in total. The van der Waals surface area contributed by atoms with Crippen LogP contribution in [0.1, 0.15) is 17.7 Å². The van der Waals surface area contributed by atoms with Gasteiger partial charge in [0.15, 0.2) is 15.8 Å². The fraction of sp³-hybridized carbons (Fsp3) is 0.389. The summed E-state index contributed by atoms with van der Waals surface area (Å²) in [6.45, 7) is 0.851. The van der Waals surface area contributed by atoms with E-state index in [2.05, 4.69) is 15.6 Å². The Bertz CT molecular complexity index is 1050. The van der Waals surface area contributed by atoms with Crippen LogP contribution in [-0.4, -0.2) is 46.9 Å². The Morgan fingerprint density at radius 1 is 1.24 bits per heavy atom. The molecule has 1 aliphatic rings. The molecule has 1 unspecified atom stereocenters. The molecular weight excluding hydrogens is 416 g/mol. The van der Waals surface area contributed by atoms with Crippen LogP contribution in [0.5, 0.6) is 0 Å². The van der Waals surface area contributed by atoms with Crippen LogP contribution in [0.25, 0.3) is 0 Å². The lowest BCUT2D eigenvalue weighted by atomic mass is 10.2. The van der Waals surface area contributed by atoms with E-state index in [-0.39, 0.29) is 22.4 Å². The Kier molecular flexibility index (Phi) is 6.60. The number of guanidine groups is 1. The summed E-state index contributed by atoms with van der Waals surface area (Å²) in [6, 6.07) is 9.65. The number of benzene rings is 1. The third-order valence-electron chi connectivity index (χ3n) is 4.49. The Morgan fingerprint density at radius 2 is 2.00 bits per heavy atom. The molecular formula is C18H24N4O5S2. The van der Waals surface area contributed by atoms with Crippen LogP contribution in [0, 0.1) is 0 Å². The van der Waals surface area contributed by atoms with Crippen molar-refractivity contribution in [3.8, 4) is 0 Å². The van der Waals surface area contributed by atoms with Crippen molar-refractivity contribution in [3.63, 3.8) is 0 Å². The number of nitrogens with one attached hydrogen (secondary N) is 2. The van der Waals surface area contributed by atoms with Gasteiger partial charge in [-0.15, -0.1) is 0 Å². The van der Waals surface area contributed by atoms with E-state index in [0.29, 0.717) is 31.9 Å². The molecule has 2 heterocycles. The molecule has 4 N–H and O–H groups in total. The second-order valence-electron chi connectivity index (χ2n) is 6.85. The smallest absolute Gasteiger partial charge is 0.238 e. The zero-order chi connectivity index (χ0) is 20.9. The number of sulfonamides is 1. The first-order valence-electron chi connectivity index (χ1n) is 9.11. The lowest BCUT2D eigenvalue weighted by Crippen LogP contribution is -2.44. The Balaban J connectivity index is 1.65. The molecule has 0 aliphatic carbocycles. The van der Waals surface area contributed by atoms with Crippen LogP contribution < -0.4 is 15.8 Å². The van der Waals surface area contributed by atoms with Gasteiger partial charge in [0.2, 0.25) is 10.0 Å². The molecule has 1 aromatic heterocycles. The highest BCUT2D eigenvalue weighted by molar-refractivity contribution is 7.91. The number of furan rings is 1. The van der Waals surface area contributed by atoms with Crippen LogP contribution in [0.15, 0.2) is 57.0 Å². The standard InChI is InChI=1S/C18H24N4O5S2/c19-29(25,26)17-5-3-14(4-6-17)12-21-18(20-9-7-16-2-1-10-27-16)22-15-8-11-28(23,24)13-15/h1-6,10,15H,7-9,11-13H2,(H2,19,25,26)(H2,20,21,22). The van der Waals surface area contributed by atoms with Crippen molar-refractivity contribution in [1.82, 2.24) is 10.6 Å². The first-order chi connectivity index (χ1) is 13.7. The molecule has 0 radical (unpaired) electrons. The zero-order valence-corrected chi connectivity index (χ0v) is 17.4. The summed E-state index contributed by atoms with van der Waals surface area (Å²) in [5, 5.41) is 11.5. The molecule has 158 valence electrons. The molecule has 1 atom stereocenters. The van der Waals surface area contributed by atoms with Crippen molar-refractivity contribution in [1.29, 1.82) is 0 Å². The molecule has 11 heteroatoms. The summed E-state index contributed by atoms with van der Waals surface area (Å²) in [6.07, 6.45) is 2.79. The van der Waals surface area contributed by atoms with Gasteiger partial charge in [0.1, 0.15) is 5.76 Å². The zero-order valence-electron chi connectivity index (χ0n) is 15.7. The average Bonchev–Trinajstić information content (AvgIpc) is 3.28. The molecule has 2 aromatic rings. The van der Waals surface area contributed by atoms with Gasteiger partial charge in [0.25, 0.3) is 0 Å². The minimum atomic E-state index is -3.74. The van der Waals surface area contributed by atoms with E-state index >= 15 is 0 Å². The first-order valence-corrected chi connectivity index (χ1v) is 12.5. The van der Waals surface area contributed by atoms with Gasteiger partial charge in [-0.05, 0) is 36.2 Å². The minimum absolute atomic E-state index is 0.0383. The van der Waals surface area contributed by atoms with Gasteiger partial charge in [0.05, 0.1) is 29.2 Å². The molecule has 1 saturated heterocycles. The maximum Gasteiger partial charge on any atom is 0.238 e. The lowest BCUT2D eigenvalue weighted by Gasteiger charge is -2.16. The molecule has 1 aliphatic heterocycles. The van der Waals surface area contributed by atoms with Gasteiger partial charge in [-0.1, -0.05) is 12.1 Å². The van der Waals surface area contributed by atoms with Gasteiger partial charge < -0.3 is 15.1 Å². The van der Waals surface area contributed by atoms with E-state index in [4.69, 9.17) is 9.56 Å². The minimum Gasteiger partial charge on any atom is -0.469 e. The fourth-order valence-corrected chi connectivity index (χ4v) is 5.16. The number of sulfone groups is 1. The van der Waals surface area contributed by atoms with E-state index < -0.39 is 19.9 Å². The number of hydrogen-bond acceptors (Lipinski definition) is 6. The molecule has 1 aromatic carbocycles. The van der Waals surface area contributed by atoms with Crippen LogP contribution in [0.3, 0.4) is 0 Å². The molecule has 3 rings (SSSR count). The van der Waals surface area contributed by atoms with Gasteiger partial charge >= 0.3 is 0 Å². The highest BCUT2D eigenvalue weighted by atomic mass is 32.2. The molecule has 1 fully saturated rings. The van der Waals surface area contributed by atoms with Crippen LogP contribution in [0.4, 0.5) is 0 Å². The van der Waals surface area contributed by atoms with Gasteiger partial charge in [-0.2, -0.15) is 0 Å². The topological polar surface area (TPSA) is 144 Å². The predicted molar refractivity (Wildman–Crippen MR) is 110 cm³/mol. The highest BCUT2D eigenvalue weighted by Gasteiger charge is 2.28. The van der Waals surface area contributed by atoms with Crippen molar-refractivity contribution in [2.24, 2.45) is 10.1 Å². The van der Waals surface area contributed by atoms with Crippen LogP contribution >= 0.6 is 0 Å². The van der Waals surface area contributed by atoms with Crippen LogP contribution in [0.2, 0.25) is 0 Å². The number of hydrogen-bond donors (Lipinski definition) is 3. The number of nitrogens with zero attached hydrogens (tertiary/aromatic N) is 1. The predicted octanol–water partition coefficient (Wildman–Crippen LogP) is 0.392. The first kappa shape index (κ1) is 21.3. The van der Waals surface area contributed by atoms with Crippen molar-refractivity contribution in [2.75, 3.05) is 18.1 Å².